The lowest BCUT2D eigenvalue weighted by atomic mass is 9.89. The second kappa shape index (κ2) is 5.72. The van der Waals surface area contributed by atoms with Crippen LogP contribution in [0.5, 0.6) is 5.75 Å². The number of Topliss-reactive ketones (excluding diaryl/α,β-unsaturated/α-hetero) is 1. The summed E-state index contributed by atoms with van der Waals surface area (Å²) in [6.07, 6.45) is 4.48. The molecule has 0 amide bonds. The monoisotopic (exact) mass is 264 g/mol. The maximum atomic E-state index is 13.5. The van der Waals surface area contributed by atoms with Gasteiger partial charge in [0.15, 0.2) is 5.78 Å². The molecule has 0 heterocycles. The van der Waals surface area contributed by atoms with Gasteiger partial charge in [0, 0.05) is 0 Å². The van der Waals surface area contributed by atoms with Crippen LogP contribution in [0, 0.1) is 18.7 Å². The number of aryl methyl sites for hydroxylation is 1. The van der Waals surface area contributed by atoms with Gasteiger partial charge in [-0.15, -0.1) is 0 Å². The lowest BCUT2D eigenvalue weighted by Gasteiger charge is -2.27. The molecule has 0 spiro atoms. The molecule has 3 heteroatoms. The van der Waals surface area contributed by atoms with E-state index in [1.165, 1.54) is 13.0 Å². The van der Waals surface area contributed by atoms with Crippen molar-refractivity contribution in [2.24, 2.45) is 5.92 Å². The van der Waals surface area contributed by atoms with E-state index in [2.05, 4.69) is 6.92 Å². The highest BCUT2D eigenvalue weighted by molar-refractivity contribution is 5.96. The summed E-state index contributed by atoms with van der Waals surface area (Å²) in [6.45, 7) is 5.38. The fraction of sp³-hybridized carbons (Fsp3) is 0.562. The van der Waals surface area contributed by atoms with Gasteiger partial charge in [-0.05, 0) is 63.1 Å². The predicted molar refractivity (Wildman–Crippen MR) is 73.2 cm³/mol. The number of carbonyl (C=O) groups excluding carboxylic acids is 1. The molecule has 1 aromatic carbocycles. The molecule has 1 saturated carbocycles. The molecule has 104 valence electrons. The van der Waals surface area contributed by atoms with E-state index >= 15 is 0 Å². The number of carbonyl (C=O) groups is 1. The molecule has 0 unspecified atom stereocenters. The van der Waals surface area contributed by atoms with Crippen molar-refractivity contribution >= 4 is 5.78 Å². The van der Waals surface area contributed by atoms with Crippen molar-refractivity contribution in [3.63, 3.8) is 0 Å². The van der Waals surface area contributed by atoms with Crippen LogP contribution in [-0.4, -0.2) is 11.9 Å². The van der Waals surface area contributed by atoms with Crippen LogP contribution in [0.3, 0.4) is 0 Å². The van der Waals surface area contributed by atoms with E-state index in [0.717, 1.165) is 31.6 Å². The fourth-order valence-electron chi connectivity index (χ4n) is 2.55. The van der Waals surface area contributed by atoms with E-state index in [1.54, 1.807) is 13.0 Å². The van der Waals surface area contributed by atoms with Crippen molar-refractivity contribution in [1.82, 2.24) is 0 Å². The number of hydrogen-bond donors (Lipinski definition) is 0. The first-order valence-corrected chi connectivity index (χ1v) is 6.95. The summed E-state index contributed by atoms with van der Waals surface area (Å²) in [4.78, 5) is 11.6. The SMILES string of the molecule is CC(=O)c1cc(F)c(C)cc1OC1CCC(C)CC1. The average molecular weight is 264 g/mol. The van der Waals surface area contributed by atoms with Gasteiger partial charge in [-0.25, -0.2) is 4.39 Å². The minimum atomic E-state index is -0.352. The molecule has 19 heavy (non-hydrogen) atoms. The molecule has 2 nitrogen and oxygen atoms in total. The van der Waals surface area contributed by atoms with Gasteiger partial charge in [0.25, 0.3) is 0 Å². The third-order valence-corrected chi connectivity index (χ3v) is 3.90. The summed E-state index contributed by atoms with van der Waals surface area (Å²) >= 11 is 0. The average Bonchev–Trinajstić information content (AvgIpc) is 2.36. The van der Waals surface area contributed by atoms with E-state index < -0.39 is 0 Å². The minimum absolute atomic E-state index is 0.152. The van der Waals surface area contributed by atoms with E-state index in [1.807, 2.05) is 0 Å². The van der Waals surface area contributed by atoms with Crippen LogP contribution < -0.4 is 4.74 Å². The predicted octanol–water partition coefficient (Wildman–Crippen LogP) is 4.29. The van der Waals surface area contributed by atoms with Crippen LogP contribution in [0.1, 0.15) is 55.5 Å². The Morgan fingerprint density at radius 1 is 1.26 bits per heavy atom. The second-order valence-corrected chi connectivity index (χ2v) is 5.65. The van der Waals surface area contributed by atoms with Crippen molar-refractivity contribution < 1.29 is 13.9 Å². The highest BCUT2D eigenvalue weighted by Gasteiger charge is 2.22. The van der Waals surface area contributed by atoms with Gasteiger partial charge in [-0.1, -0.05) is 6.92 Å². The first-order valence-electron chi connectivity index (χ1n) is 6.95. The minimum Gasteiger partial charge on any atom is -0.490 e. The molecule has 0 N–H and O–H groups in total. The van der Waals surface area contributed by atoms with E-state index in [0.29, 0.717) is 16.9 Å². The van der Waals surface area contributed by atoms with E-state index in [4.69, 9.17) is 4.74 Å². The number of benzene rings is 1. The Morgan fingerprint density at radius 2 is 1.89 bits per heavy atom. The van der Waals surface area contributed by atoms with E-state index in [-0.39, 0.29) is 17.7 Å². The van der Waals surface area contributed by atoms with Gasteiger partial charge in [-0.3, -0.25) is 4.79 Å². The highest BCUT2D eigenvalue weighted by Crippen LogP contribution is 2.30. The molecule has 0 atom stereocenters. The Balaban J connectivity index is 2.19. The Morgan fingerprint density at radius 3 is 2.47 bits per heavy atom. The number of ketones is 1. The van der Waals surface area contributed by atoms with Crippen LogP contribution in [0.2, 0.25) is 0 Å². The molecule has 2 rings (SSSR count). The van der Waals surface area contributed by atoms with Crippen molar-refractivity contribution in [3.05, 3.63) is 29.1 Å². The topological polar surface area (TPSA) is 26.3 Å². The van der Waals surface area contributed by atoms with Gasteiger partial charge in [0.2, 0.25) is 0 Å². The zero-order valence-electron chi connectivity index (χ0n) is 11.8. The summed E-state index contributed by atoms with van der Waals surface area (Å²) in [5.41, 5.74) is 0.867. The highest BCUT2D eigenvalue weighted by atomic mass is 19.1. The molecule has 0 radical (unpaired) electrons. The number of halogens is 1. The van der Waals surface area contributed by atoms with Crippen LogP contribution in [-0.2, 0) is 0 Å². The Labute approximate surface area is 114 Å². The summed E-state index contributed by atoms with van der Waals surface area (Å²) in [5.74, 6) is 0.779. The van der Waals surface area contributed by atoms with Gasteiger partial charge in [0.05, 0.1) is 11.7 Å². The molecular weight excluding hydrogens is 243 g/mol. The Hall–Kier alpha value is -1.38. The smallest absolute Gasteiger partial charge is 0.163 e. The molecule has 1 fully saturated rings. The third-order valence-electron chi connectivity index (χ3n) is 3.90. The zero-order chi connectivity index (χ0) is 14.0. The Kier molecular flexibility index (Phi) is 4.23. The van der Waals surface area contributed by atoms with Crippen LogP contribution in [0.15, 0.2) is 12.1 Å². The number of hydrogen-bond acceptors (Lipinski definition) is 2. The summed E-state index contributed by atoms with van der Waals surface area (Å²) in [7, 11) is 0. The molecule has 1 aromatic rings. The Bertz CT molecular complexity index is 474. The van der Waals surface area contributed by atoms with Crippen molar-refractivity contribution in [1.29, 1.82) is 0 Å². The summed E-state index contributed by atoms with van der Waals surface area (Å²) < 4.78 is 19.5. The van der Waals surface area contributed by atoms with Crippen molar-refractivity contribution in [3.8, 4) is 5.75 Å². The van der Waals surface area contributed by atoms with Gasteiger partial charge >= 0.3 is 0 Å². The molecule has 1 aliphatic carbocycles. The molecule has 0 saturated heterocycles. The number of rotatable bonds is 3. The third kappa shape index (κ3) is 3.34. The fourth-order valence-corrected chi connectivity index (χ4v) is 2.55. The van der Waals surface area contributed by atoms with Crippen LogP contribution in [0.4, 0.5) is 4.39 Å². The molecular formula is C16H21FO2. The molecule has 0 bridgehead atoms. The largest absolute Gasteiger partial charge is 0.490 e. The van der Waals surface area contributed by atoms with Crippen LogP contribution >= 0.6 is 0 Å². The van der Waals surface area contributed by atoms with E-state index in [9.17, 15) is 9.18 Å². The summed E-state index contributed by atoms with van der Waals surface area (Å²) in [6, 6.07) is 2.93. The van der Waals surface area contributed by atoms with Crippen molar-refractivity contribution in [2.45, 2.75) is 52.6 Å². The first kappa shape index (κ1) is 14.0. The van der Waals surface area contributed by atoms with Gasteiger partial charge < -0.3 is 4.74 Å². The lowest BCUT2D eigenvalue weighted by Crippen LogP contribution is -2.23. The number of ether oxygens (including phenoxy) is 1. The second-order valence-electron chi connectivity index (χ2n) is 5.65. The molecule has 0 aliphatic heterocycles. The van der Waals surface area contributed by atoms with Gasteiger partial charge in [-0.2, -0.15) is 0 Å². The van der Waals surface area contributed by atoms with Crippen molar-refractivity contribution in [2.75, 3.05) is 0 Å². The quantitative estimate of drug-likeness (QED) is 0.761. The normalized spacial score (nSPS) is 23.2. The standard InChI is InChI=1S/C16H21FO2/c1-10-4-6-13(7-5-10)19-16-8-11(2)15(17)9-14(16)12(3)18/h8-10,13H,4-7H2,1-3H3. The van der Waals surface area contributed by atoms with Gasteiger partial charge in [0.1, 0.15) is 11.6 Å². The zero-order valence-corrected chi connectivity index (χ0v) is 11.8. The maximum Gasteiger partial charge on any atom is 0.163 e. The maximum absolute atomic E-state index is 13.5. The van der Waals surface area contributed by atoms with Crippen LogP contribution in [0.25, 0.3) is 0 Å². The summed E-state index contributed by atoms with van der Waals surface area (Å²) in [5, 5.41) is 0. The molecule has 1 aliphatic rings. The first-order chi connectivity index (χ1) is 8.97. The molecule has 0 aromatic heterocycles. The lowest BCUT2D eigenvalue weighted by molar-refractivity contribution is 0.0995.